The van der Waals surface area contributed by atoms with Crippen molar-refractivity contribution in [2.24, 2.45) is 5.92 Å². The summed E-state index contributed by atoms with van der Waals surface area (Å²) in [6.45, 7) is 14.7. The molecule has 0 aliphatic carbocycles. The summed E-state index contributed by atoms with van der Waals surface area (Å²) >= 11 is 0. The Hall–Kier alpha value is -1.57. The highest BCUT2D eigenvalue weighted by molar-refractivity contribution is 5.95. The third-order valence-electron chi connectivity index (χ3n) is 3.34. The van der Waals surface area contributed by atoms with Crippen molar-refractivity contribution in [2.45, 2.75) is 19.8 Å². The minimum atomic E-state index is 0.0130. The number of hydrogen-bond acceptors (Lipinski definition) is 1. The lowest BCUT2D eigenvalue weighted by Gasteiger charge is -2.32. The van der Waals surface area contributed by atoms with E-state index in [1.54, 1.807) is 0 Å². The van der Waals surface area contributed by atoms with Gasteiger partial charge in [0.2, 0.25) is 0 Å². The van der Waals surface area contributed by atoms with E-state index in [2.05, 4.69) is 25.8 Å². The second kappa shape index (κ2) is 6.24. The lowest BCUT2D eigenvalue weighted by molar-refractivity contribution is -0.127. The fourth-order valence-corrected chi connectivity index (χ4v) is 2.23. The molecule has 17 heavy (non-hydrogen) atoms. The third kappa shape index (κ3) is 3.19. The molecule has 1 amide bonds. The summed E-state index contributed by atoms with van der Waals surface area (Å²) in [5.41, 5.74) is 1.78. The van der Waals surface area contributed by atoms with Crippen molar-refractivity contribution in [1.82, 2.24) is 4.90 Å². The van der Waals surface area contributed by atoms with Gasteiger partial charge in [0, 0.05) is 18.7 Å². The lowest BCUT2D eigenvalue weighted by Crippen LogP contribution is -2.39. The zero-order valence-corrected chi connectivity index (χ0v) is 10.6. The minimum absolute atomic E-state index is 0.0130. The summed E-state index contributed by atoms with van der Waals surface area (Å²) in [5.74, 6) is 0.553. The van der Waals surface area contributed by atoms with Gasteiger partial charge in [-0.05, 0) is 31.3 Å². The SMILES string of the molecule is C=CC(=C)C(=O)N1CCC(/C(C=C)=C/C)CC1. The predicted molar refractivity (Wildman–Crippen MR) is 72.6 cm³/mol. The number of piperidine rings is 1. The van der Waals surface area contributed by atoms with Gasteiger partial charge < -0.3 is 4.90 Å². The molecule has 0 unspecified atom stereocenters. The Labute approximate surface area is 104 Å². The molecule has 1 aliphatic rings. The summed E-state index contributed by atoms with van der Waals surface area (Å²) in [7, 11) is 0. The first kappa shape index (κ1) is 13.5. The highest BCUT2D eigenvalue weighted by Gasteiger charge is 2.24. The molecule has 0 spiro atoms. The van der Waals surface area contributed by atoms with Crippen LogP contribution < -0.4 is 0 Å². The number of amides is 1. The van der Waals surface area contributed by atoms with Crippen LogP contribution in [0.15, 0.2) is 49.1 Å². The quantitative estimate of drug-likeness (QED) is 0.538. The molecule has 0 radical (unpaired) electrons. The number of carbonyl (C=O) groups excluding carboxylic acids is 1. The van der Waals surface area contributed by atoms with E-state index in [-0.39, 0.29) is 5.91 Å². The molecule has 0 aromatic heterocycles. The second-order valence-corrected chi connectivity index (χ2v) is 4.29. The lowest BCUT2D eigenvalue weighted by atomic mass is 9.88. The maximum atomic E-state index is 11.9. The van der Waals surface area contributed by atoms with Gasteiger partial charge in [-0.3, -0.25) is 4.79 Å². The van der Waals surface area contributed by atoms with Gasteiger partial charge in [0.1, 0.15) is 0 Å². The molecule has 0 atom stereocenters. The largest absolute Gasteiger partial charge is 0.339 e. The van der Waals surface area contributed by atoms with E-state index in [1.807, 2.05) is 17.9 Å². The Balaban J connectivity index is 2.57. The van der Waals surface area contributed by atoms with Crippen molar-refractivity contribution in [1.29, 1.82) is 0 Å². The Morgan fingerprint density at radius 1 is 1.24 bits per heavy atom. The molecule has 2 nitrogen and oxygen atoms in total. The van der Waals surface area contributed by atoms with E-state index in [9.17, 15) is 4.79 Å². The van der Waals surface area contributed by atoms with Crippen molar-refractivity contribution in [3.63, 3.8) is 0 Å². The molecule has 1 saturated heterocycles. The van der Waals surface area contributed by atoms with Gasteiger partial charge in [0.05, 0.1) is 0 Å². The first-order valence-electron chi connectivity index (χ1n) is 6.03. The first-order chi connectivity index (χ1) is 8.13. The second-order valence-electron chi connectivity index (χ2n) is 4.29. The average Bonchev–Trinajstić information content (AvgIpc) is 2.39. The molecule has 92 valence electrons. The third-order valence-corrected chi connectivity index (χ3v) is 3.34. The minimum Gasteiger partial charge on any atom is -0.339 e. The van der Waals surface area contributed by atoms with Crippen LogP contribution >= 0.6 is 0 Å². The Morgan fingerprint density at radius 3 is 2.24 bits per heavy atom. The van der Waals surface area contributed by atoms with Crippen LogP contribution in [0.3, 0.4) is 0 Å². The number of allylic oxidation sites excluding steroid dienone is 3. The van der Waals surface area contributed by atoms with Crippen LogP contribution in [0.4, 0.5) is 0 Å². The van der Waals surface area contributed by atoms with Gasteiger partial charge in [0.15, 0.2) is 0 Å². The van der Waals surface area contributed by atoms with E-state index in [4.69, 9.17) is 0 Å². The van der Waals surface area contributed by atoms with Crippen LogP contribution in [-0.2, 0) is 4.79 Å². The average molecular weight is 231 g/mol. The predicted octanol–water partition coefficient (Wildman–Crippen LogP) is 3.10. The zero-order valence-electron chi connectivity index (χ0n) is 10.6. The van der Waals surface area contributed by atoms with Crippen molar-refractivity contribution in [2.75, 3.05) is 13.1 Å². The van der Waals surface area contributed by atoms with Gasteiger partial charge in [-0.15, -0.1) is 0 Å². The van der Waals surface area contributed by atoms with E-state index in [1.165, 1.54) is 11.6 Å². The van der Waals surface area contributed by atoms with Gasteiger partial charge in [-0.1, -0.05) is 38.0 Å². The summed E-state index contributed by atoms with van der Waals surface area (Å²) in [4.78, 5) is 13.7. The number of likely N-dealkylation sites (tertiary alicyclic amines) is 1. The maximum absolute atomic E-state index is 11.9. The molecular formula is C15H21NO. The van der Waals surface area contributed by atoms with Crippen molar-refractivity contribution >= 4 is 5.91 Å². The molecule has 2 heteroatoms. The standard InChI is InChI=1S/C15H21NO/c1-5-12(4)15(17)16-10-8-14(9-11-16)13(6-2)7-3/h5-7,14H,1-2,4,8-11H2,3H3/b13-7+. The van der Waals surface area contributed by atoms with Gasteiger partial charge in [-0.2, -0.15) is 0 Å². The topological polar surface area (TPSA) is 20.3 Å². The Kier molecular flexibility index (Phi) is 4.95. The molecule has 0 N–H and O–H groups in total. The van der Waals surface area contributed by atoms with Crippen LogP contribution in [0.25, 0.3) is 0 Å². The maximum Gasteiger partial charge on any atom is 0.253 e. The fourth-order valence-electron chi connectivity index (χ4n) is 2.23. The van der Waals surface area contributed by atoms with Gasteiger partial charge in [-0.25, -0.2) is 0 Å². The van der Waals surface area contributed by atoms with Crippen molar-refractivity contribution in [3.8, 4) is 0 Å². The summed E-state index contributed by atoms with van der Waals surface area (Å²) in [5, 5.41) is 0. The van der Waals surface area contributed by atoms with E-state index < -0.39 is 0 Å². The smallest absolute Gasteiger partial charge is 0.253 e. The molecule has 1 aliphatic heterocycles. The number of rotatable bonds is 4. The number of nitrogens with zero attached hydrogens (tertiary/aromatic N) is 1. The van der Waals surface area contributed by atoms with E-state index in [0.29, 0.717) is 11.5 Å². The van der Waals surface area contributed by atoms with Crippen LogP contribution in [-0.4, -0.2) is 23.9 Å². The van der Waals surface area contributed by atoms with Crippen molar-refractivity contribution < 1.29 is 4.79 Å². The number of hydrogen-bond donors (Lipinski definition) is 0. The number of carbonyl (C=O) groups is 1. The summed E-state index contributed by atoms with van der Waals surface area (Å²) in [6.07, 6.45) is 7.56. The zero-order chi connectivity index (χ0) is 12.8. The van der Waals surface area contributed by atoms with Gasteiger partial charge >= 0.3 is 0 Å². The Morgan fingerprint density at radius 2 is 1.82 bits per heavy atom. The fraction of sp³-hybridized carbons (Fsp3) is 0.400. The van der Waals surface area contributed by atoms with E-state index in [0.717, 1.165) is 25.9 Å². The molecule has 1 heterocycles. The highest BCUT2D eigenvalue weighted by atomic mass is 16.2. The van der Waals surface area contributed by atoms with Crippen molar-refractivity contribution in [3.05, 3.63) is 49.1 Å². The van der Waals surface area contributed by atoms with Crippen LogP contribution in [0, 0.1) is 5.92 Å². The highest BCUT2D eigenvalue weighted by Crippen LogP contribution is 2.25. The summed E-state index contributed by atoms with van der Waals surface area (Å²) < 4.78 is 0. The molecule has 0 aromatic carbocycles. The van der Waals surface area contributed by atoms with Crippen LogP contribution in [0.5, 0.6) is 0 Å². The molecule has 0 bridgehead atoms. The first-order valence-corrected chi connectivity index (χ1v) is 6.03. The van der Waals surface area contributed by atoms with Crippen LogP contribution in [0.2, 0.25) is 0 Å². The monoisotopic (exact) mass is 231 g/mol. The van der Waals surface area contributed by atoms with Crippen LogP contribution in [0.1, 0.15) is 19.8 Å². The molecule has 0 aromatic rings. The molecule has 1 rings (SSSR count). The molecule has 0 saturated carbocycles. The summed E-state index contributed by atoms with van der Waals surface area (Å²) in [6, 6.07) is 0. The van der Waals surface area contributed by atoms with Gasteiger partial charge in [0.25, 0.3) is 5.91 Å². The normalized spacial score (nSPS) is 17.7. The Bertz CT molecular complexity index is 357. The molecule has 1 fully saturated rings. The molecular weight excluding hydrogens is 210 g/mol. The van der Waals surface area contributed by atoms with E-state index >= 15 is 0 Å².